The lowest BCUT2D eigenvalue weighted by molar-refractivity contribution is -0.120. The lowest BCUT2D eigenvalue weighted by atomic mass is 9.90. The van der Waals surface area contributed by atoms with Crippen LogP contribution in [0.2, 0.25) is 0 Å². The van der Waals surface area contributed by atoms with Crippen LogP contribution in [0.5, 0.6) is 0 Å². The van der Waals surface area contributed by atoms with Crippen LogP contribution < -0.4 is 10.9 Å². The Morgan fingerprint density at radius 3 is 2.62 bits per heavy atom. The first-order valence-electron chi connectivity index (χ1n) is 8.85. The maximum atomic E-state index is 13.0. The number of rotatable bonds is 4. The fraction of sp³-hybridized carbons (Fsp3) is 0.350. The third-order valence-electron chi connectivity index (χ3n) is 4.75. The second-order valence-electron chi connectivity index (χ2n) is 6.65. The molecule has 2 amide bonds. The van der Waals surface area contributed by atoms with Crippen molar-refractivity contribution in [1.29, 1.82) is 0 Å². The second kappa shape index (κ2) is 7.99. The van der Waals surface area contributed by atoms with Gasteiger partial charge in [-0.2, -0.15) is 0 Å². The SMILES string of the molecule is CC(=O)N[C@H]1CCCN(C(=O)c2ccc(=O)[nH]c2)[C@H]1Cc1ccccc1. The van der Waals surface area contributed by atoms with E-state index < -0.39 is 0 Å². The van der Waals surface area contributed by atoms with Gasteiger partial charge in [0.2, 0.25) is 11.5 Å². The van der Waals surface area contributed by atoms with Crippen molar-refractivity contribution in [3.05, 3.63) is 70.1 Å². The van der Waals surface area contributed by atoms with Gasteiger partial charge in [-0.1, -0.05) is 30.3 Å². The molecule has 0 unspecified atom stereocenters. The molecule has 26 heavy (non-hydrogen) atoms. The summed E-state index contributed by atoms with van der Waals surface area (Å²) in [6.45, 7) is 2.13. The molecule has 136 valence electrons. The fourth-order valence-electron chi connectivity index (χ4n) is 3.56. The number of aromatic nitrogens is 1. The van der Waals surface area contributed by atoms with Crippen LogP contribution in [-0.4, -0.2) is 40.3 Å². The predicted octanol–water partition coefficient (Wildman–Crippen LogP) is 1.73. The largest absolute Gasteiger partial charge is 0.352 e. The summed E-state index contributed by atoms with van der Waals surface area (Å²) in [6, 6.07) is 12.6. The molecule has 0 radical (unpaired) electrons. The molecular weight excluding hydrogens is 330 g/mol. The van der Waals surface area contributed by atoms with Crippen LogP contribution in [0, 0.1) is 0 Å². The molecule has 2 aromatic rings. The highest BCUT2D eigenvalue weighted by Crippen LogP contribution is 2.23. The summed E-state index contributed by atoms with van der Waals surface area (Å²) in [7, 11) is 0. The number of benzene rings is 1. The van der Waals surface area contributed by atoms with Gasteiger partial charge in [0, 0.05) is 31.8 Å². The van der Waals surface area contributed by atoms with Gasteiger partial charge >= 0.3 is 0 Å². The molecule has 2 N–H and O–H groups in total. The molecule has 0 saturated carbocycles. The summed E-state index contributed by atoms with van der Waals surface area (Å²) in [5.41, 5.74) is 1.33. The molecule has 1 saturated heterocycles. The zero-order chi connectivity index (χ0) is 18.5. The van der Waals surface area contributed by atoms with Crippen molar-refractivity contribution in [3.63, 3.8) is 0 Å². The lowest BCUT2D eigenvalue weighted by Crippen LogP contribution is -2.57. The van der Waals surface area contributed by atoms with Crippen LogP contribution in [0.1, 0.15) is 35.7 Å². The van der Waals surface area contributed by atoms with Crippen LogP contribution in [-0.2, 0) is 11.2 Å². The highest BCUT2D eigenvalue weighted by molar-refractivity contribution is 5.94. The topological polar surface area (TPSA) is 82.3 Å². The molecule has 2 heterocycles. The number of H-pyrrole nitrogens is 1. The van der Waals surface area contributed by atoms with E-state index in [1.807, 2.05) is 35.2 Å². The molecule has 0 aliphatic carbocycles. The number of aromatic amines is 1. The first-order chi connectivity index (χ1) is 12.5. The number of carbonyl (C=O) groups excluding carboxylic acids is 2. The number of nitrogens with one attached hydrogen (secondary N) is 2. The van der Waals surface area contributed by atoms with E-state index >= 15 is 0 Å². The van der Waals surface area contributed by atoms with Gasteiger partial charge in [-0.3, -0.25) is 14.4 Å². The smallest absolute Gasteiger partial charge is 0.255 e. The maximum absolute atomic E-state index is 13.0. The Hall–Kier alpha value is -2.89. The number of amides is 2. The third-order valence-corrected chi connectivity index (χ3v) is 4.75. The van der Waals surface area contributed by atoms with Gasteiger partial charge in [0.25, 0.3) is 5.91 Å². The molecule has 0 bridgehead atoms. The minimum absolute atomic E-state index is 0.0897. The van der Waals surface area contributed by atoms with Crippen molar-refractivity contribution < 1.29 is 9.59 Å². The standard InChI is InChI=1S/C20H23N3O3/c1-14(24)22-17-8-5-11-23(18(17)12-15-6-3-2-4-7-15)20(26)16-9-10-19(25)21-13-16/h2-4,6-7,9-10,13,17-18H,5,8,11-12H2,1H3,(H,21,25)(H,22,24)/t17-,18-/m0/s1. The van der Waals surface area contributed by atoms with Gasteiger partial charge < -0.3 is 15.2 Å². The van der Waals surface area contributed by atoms with Crippen LogP contribution in [0.15, 0.2) is 53.5 Å². The molecule has 6 heteroatoms. The van der Waals surface area contributed by atoms with E-state index in [4.69, 9.17) is 0 Å². The minimum atomic E-state index is -0.239. The van der Waals surface area contributed by atoms with Crippen molar-refractivity contribution in [2.75, 3.05) is 6.54 Å². The Labute approximate surface area is 152 Å². The number of hydrogen-bond acceptors (Lipinski definition) is 3. The van der Waals surface area contributed by atoms with Crippen LogP contribution >= 0.6 is 0 Å². The monoisotopic (exact) mass is 353 g/mol. The van der Waals surface area contributed by atoms with E-state index in [1.54, 1.807) is 6.07 Å². The molecule has 1 aliphatic rings. The van der Waals surface area contributed by atoms with Crippen LogP contribution in [0.25, 0.3) is 0 Å². The van der Waals surface area contributed by atoms with Gasteiger partial charge in [-0.05, 0) is 30.9 Å². The zero-order valence-corrected chi connectivity index (χ0v) is 14.8. The van der Waals surface area contributed by atoms with Crippen molar-refractivity contribution in [3.8, 4) is 0 Å². The summed E-state index contributed by atoms with van der Waals surface area (Å²) >= 11 is 0. The van der Waals surface area contributed by atoms with Crippen LogP contribution in [0.3, 0.4) is 0 Å². The zero-order valence-electron chi connectivity index (χ0n) is 14.8. The average molecular weight is 353 g/mol. The van der Waals surface area contributed by atoms with Gasteiger partial charge in [0.15, 0.2) is 0 Å². The lowest BCUT2D eigenvalue weighted by Gasteiger charge is -2.41. The molecule has 1 aliphatic heterocycles. The molecular formula is C20H23N3O3. The van der Waals surface area contributed by atoms with Gasteiger partial charge in [0.1, 0.15) is 0 Å². The van der Waals surface area contributed by atoms with E-state index in [1.165, 1.54) is 19.2 Å². The van der Waals surface area contributed by atoms with Crippen molar-refractivity contribution in [2.45, 2.75) is 38.3 Å². The summed E-state index contributed by atoms with van der Waals surface area (Å²) in [4.78, 5) is 40.3. The van der Waals surface area contributed by atoms with Gasteiger partial charge in [-0.15, -0.1) is 0 Å². The summed E-state index contributed by atoms with van der Waals surface area (Å²) in [5, 5.41) is 3.01. The highest BCUT2D eigenvalue weighted by Gasteiger charge is 2.35. The Morgan fingerprint density at radius 2 is 1.96 bits per heavy atom. The number of pyridine rings is 1. The Kier molecular flexibility index (Phi) is 5.51. The predicted molar refractivity (Wildman–Crippen MR) is 98.9 cm³/mol. The van der Waals surface area contributed by atoms with Gasteiger partial charge in [-0.25, -0.2) is 0 Å². The number of nitrogens with zero attached hydrogens (tertiary/aromatic N) is 1. The fourth-order valence-corrected chi connectivity index (χ4v) is 3.56. The van der Waals surface area contributed by atoms with E-state index in [0.717, 1.165) is 18.4 Å². The number of hydrogen-bond donors (Lipinski definition) is 2. The second-order valence-corrected chi connectivity index (χ2v) is 6.65. The Bertz CT molecular complexity index is 811. The maximum Gasteiger partial charge on any atom is 0.255 e. The molecule has 1 fully saturated rings. The van der Waals surface area contributed by atoms with Gasteiger partial charge in [0.05, 0.1) is 11.6 Å². The highest BCUT2D eigenvalue weighted by atomic mass is 16.2. The van der Waals surface area contributed by atoms with Crippen LogP contribution in [0.4, 0.5) is 0 Å². The Balaban J connectivity index is 1.89. The van der Waals surface area contributed by atoms with E-state index in [9.17, 15) is 14.4 Å². The molecule has 2 atom stereocenters. The average Bonchev–Trinajstić information content (AvgIpc) is 2.63. The minimum Gasteiger partial charge on any atom is -0.352 e. The van der Waals surface area contributed by atoms with Crippen molar-refractivity contribution >= 4 is 11.8 Å². The molecule has 1 aromatic carbocycles. The van der Waals surface area contributed by atoms with Crippen molar-refractivity contribution in [2.24, 2.45) is 0 Å². The first-order valence-corrected chi connectivity index (χ1v) is 8.85. The molecule has 3 rings (SSSR count). The summed E-state index contributed by atoms with van der Waals surface area (Å²) < 4.78 is 0. The number of piperidine rings is 1. The first kappa shape index (κ1) is 17.9. The third kappa shape index (κ3) is 4.20. The summed E-state index contributed by atoms with van der Waals surface area (Å²) in [5.74, 6) is -0.219. The molecule has 0 spiro atoms. The molecule has 6 nitrogen and oxygen atoms in total. The molecule has 1 aromatic heterocycles. The summed E-state index contributed by atoms with van der Waals surface area (Å²) in [6.07, 6.45) is 3.78. The van der Waals surface area contributed by atoms with E-state index in [0.29, 0.717) is 18.5 Å². The number of carbonyl (C=O) groups is 2. The quantitative estimate of drug-likeness (QED) is 0.878. The van der Waals surface area contributed by atoms with E-state index in [-0.39, 0.29) is 29.5 Å². The normalized spacial score (nSPS) is 19.8. The van der Waals surface area contributed by atoms with E-state index in [2.05, 4.69) is 10.3 Å². The van der Waals surface area contributed by atoms with Crippen molar-refractivity contribution in [1.82, 2.24) is 15.2 Å². The Morgan fingerprint density at radius 1 is 1.19 bits per heavy atom. The number of likely N-dealkylation sites (tertiary alicyclic amines) is 1.